The summed E-state index contributed by atoms with van der Waals surface area (Å²) in [5.41, 5.74) is 0. The second kappa shape index (κ2) is 47.8. The minimum Gasteiger partial charge on any atom is -0.462 e. The molecule has 1 unspecified atom stereocenters. The highest BCUT2D eigenvalue weighted by Gasteiger charge is 2.19. The van der Waals surface area contributed by atoms with E-state index in [1.165, 1.54) is 89.9 Å². The first-order valence-corrected chi connectivity index (χ1v) is 24.8. The maximum absolute atomic E-state index is 12.7. The zero-order chi connectivity index (χ0) is 43.0. The van der Waals surface area contributed by atoms with Crippen molar-refractivity contribution in [2.45, 2.75) is 245 Å². The summed E-state index contributed by atoms with van der Waals surface area (Å²) in [6.07, 6.45) is 57.8. The van der Waals surface area contributed by atoms with Crippen LogP contribution in [-0.4, -0.2) is 37.2 Å². The van der Waals surface area contributed by atoms with Crippen LogP contribution in [0.25, 0.3) is 0 Å². The van der Waals surface area contributed by atoms with E-state index >= 15 is 0 Å². The van der Waals surface area contributed by atoms with Crippen molar-refractivity contribution in [2.24, 2.45) is 0 Å². The van der Waals surface area contributed by atoms with Crippen molar-refractivity contribution in [2.75, 3.05) is 13.2 Å². The number of rotatable bonds is 44. The van der Waals surface area contributed by atoms with Crippen LogP contribution in [0.4, 0.5) is 0 Å². The Morgan fingerprint density at radius 3 is 1.20 bits per heavy atom. The summed E-state index contributed by atoms with van der Waals surface area (Å²) in [6, 6.07) is 0. The number of allylic oxidation sites excluding steroid dienone is 10. The van der Waals surface area contributed by atoms with E-state index in [9.17, 15) is 14.4 Å². The summed E-state index contributed by atoms with van der Waals surface area (Å²) in [5, 5.41) is 0. The summed E-state index contributed by atoms with van der Waals surface area (Å²) in [4.78, 5) is 37.8. The average molecular weight is 825 g/mol. The van der Waals surface area contributed by atoms with Crippen LogP contribution in [0.1, 0.15) is 239 Å². The lowest BCUT2D eigenvalue weighted by Gasteiger charge is -2.18. The van der Waals surface area contributed by atoms with Gasteiger partial charge in [0, 0.05) is 19.3 Å². The fourth-order valence-electron chi connectivity index (χ4n) is 6.74. The van der Waals surface area contributed by atoms with Gasteiger partial charge in [-0.3, -0.25) is 14.4 Å². The predicted molar refractivity (Wildman–Crippen MR) is 251 cm³/mol. The standard InChI is InChI=1S/C53H92O6/c1-4-7-10-13-16-19-22-24-25-26-27-28-29-32-34-37-40-43-46-52(55)58-49-50(48-57-51(54)45-42-39-36-33-30-21-18-15-12-9-6-3)59-53(56)47-44-41-38-35-31-23-20-17-14-11-8-5-2/h8,11,15,17-18,20-21,27-28,30,50H,4-7,9-10,12-14,16,19,22-26,29,31-49H2,1-3H3/b11-8-,18-15-,20-17-,28-27-,30-21-. The summed E-state index contributed by atoms with van der Waals surface area (Å²) in [6.45, 7) is 6.43. The maximum Gasteiger partial charge on any atom is 0.306 e. The van der Waals surface area contributed by atoms with Crippen molar-refractivity contribution in [3.63, 3.8) is 0 Å². The molecule has 6 heteroatoms. The molecular formula is C53H92O6. The van der Waals surface area contributed by atoms with Gasteiger partial charge in [0.2, 0.25) is 0 Å². The minimum atomic E-state index is -0.793. The fraction of sp³-hybridized carbons (Fsp3) is 0.755. The molecule has 0 aliphatic carbocycles. The summed E-state index contributed by atoms with van der Waals surface area (Å²) < 4.78 is 16.7. The molecule has 59 heavy (non-hydrogen) atoms. The summed E-state index contributed by atoms with van der Waals surface area (Å²) in [5.74, 6) is -0.945. The first-order chi connectivity index (χ1) is 29.0. The van der Waals surface area contributed by atoms with Gasteiger partial charge < -0.3 is 14.2 Å². The molecular weight excluding hydrogens is 733 g/mol. The number of unbranched alkanes of at least 4 members (excludes halogenated alkanes) is 24. The number of ether oxygens (including phenoxy) is 3. The lowest BCUT2D eigenvalue weighted by atomic mass is 10.1. The van der Waals surface area contributed by atoms with Crippen LogP contribution >= 0.6 is 0 Å². The highest BCUT2D eigenvalue weighted by molar-refractivity contribution is 5.71. The van der Waals surface area contributed by atoms with Gasteiger partial charge in [-0.2, -0.15) is 0 Å². The van der Waals surface area contributed by atoms with E-state index in [0.717, 1.165) is 109 Å². The quantitative estimate of drug-likeness (QED) is 0.0200. The molecule has 0 radical (unpaired) electrons. The third-order valence-corrected chi connectivity index (χ3v) is 10.5. The van der Waals surface area contributed by atoms with E-state index in [2.05, 4.69) is 81.5 Å². The Labute approximate surface area is 364 Å². The number of carbonyl (C=O) groups is 3. The first kappa shape index (κ1) is 56.1. The molecule has 0 spiro atoms. The molecule has 340 valence electrons. The minimum absolute atomic E-state index is 0.0930. The predicted octanol–water partition coefficient (Wildman–Crippen LogP) is 16.1. The van der Waals surface area contributed by atoms with Gasteiger partial charge in [0.1, 0.15) is 13.2 Å². The Hall–Kier alpha value is -2.89. The van der Waals surface area contributed by atoms with Gasteiger partial charge >= 0.3 is 17.9 Å². The van der Waals surface area contributed by atoms with Gasteiger partial charge in [0.15, 0.2) is 6.10 Å². The molecule has 0 aromatic carbocycles. The average Bonchev–Trinajstić information content (AvgIpc) is 3.23. The second-order valence-electron chi connectivity index (χ2n) is 16.4. The summed E-state index contributed by atoms with van der Waals surface area (Å²) in [7, 11) is 0. The van der Waals surface area contributed by atoms with E-state index in [1.807, 2.05) is 0 Å². The number of esters is 3. The van der Waals surface area contributed by atoms with Crippen molar-refractivity contribution in [1.29, 1.82) is 0 Å². The Balaban J connectivity index is 4.37. The van der Waals surface area contributed by atoms with Crippen LogP contribution in [-0.2, 0) is 28.6 Å². The Morgan fingerprint density at radius 1 is 0.373 bits per heavy atom. The van der Waals surface area contributed by atoms with Gasteiger partial charge in [0.25, 0.3) is 0 Å². The van der Waals surface area contributed by atoms with Crippen molar-refractivity contribution < 1.29 is 28.6 Å². The van der Waals surface area contributed by atoms with Crippen LogP contribution in [0, 0.1) is 0 Å². The Kier molecular flexibility index (Phi) is 45.4. The molecule has 0 amide bonds. The van der Waals surface area contributed by atoms with Gasteiger partial charge in [-0.15, -0.1) is 0 Å². The Morgan fingerprint density at radius 2 is 0.729 bits per heavy atom. The smallest absolute Gasteiger partial charge is 0.306 e. The fourth-order valence-corrected chi connectivity index (χ4v) is 6.74. The van der Waals surface area contributed by atoms with E-state index < -0.39 is 6.10 Å². The molecule has 6 nitrogen and oxygen atoms in total. The molecule has 0 bridgehead atoms. The van der Waals surface area contributed by atoms with Crippen LogP contribution in [0.5, 0.6) is 0 Å². The lowest BCUT2D eigenvalue weighted by molar-refractivity contribution is -0.167. The number of hydrogen-bond acceptors (Lipinski definition) is 6. The van der Waals surface area contributed by atoms with E-state index in [-0.39, 0.29) is 31.1 Å². The molecule has 0 N–H and O–H groups in total. The third-order valence-electron chi connectivity index (χ3n) is 10.5. The molecule has 0 aliphatic rings. The second-order valence-corrected chi connectivity index (χ2v) is 16.4. The lowest BCUT2D eigenvalue weighted by Crippen LogP contribution is -2.30. The van der Waals surface area contributed by atoms with Crippen molar-refractivity contribution in [1.82, 2.24) is 0 Å². The SMILES string of the molecule is CC/C=C\C/C=C\CCCCCCCC(=O)OC(COC(=O)CCCCC/C=C\C=C/CCCC)COC(=O)CCCCCCC/C=C\CCCCCCCCCCC. The topological polar surface area (TPSA) is 78.9 Å². The molecule has 0 aromatic heterocycles. The van der Waals surface area contributed by atoms with E-state index in [1.54, 1.807) is 0 Å². The molecule has 0 saturated heterocycles. The van der Waals surface area contributed by atoms with Crippen LogP contribution in [0.2, 0.25) is 0 Å². The van der Waals surface area contributed by atoms with Crippen molar-refractivity contribution in [3.8, 4) is 0 Å². The van der Waals surface area contributed by atoms with Crippen molar-refractivity contribution in [3.05, 3.63) is 60.8 Å². The molecule has 0 saturated carbocycles. The van der Waals surface area contributed by atoms with E-state index in [4.69, 9.17) is 14.2 Å². The molecule has 0 aromatic rings. The first-order valence-electron chi connectivity index (χ1n) is 24.8. The van der Waals surface area contributed by atoms with E-state index in [0.29, 0.717) is 19.3 Å². The monoisotopic (exact) mass is 825 g/mol. The normalized spacial score (nSPS) is 12.5. The van der Waals surface area contributed by atoms with Crippen LogP contribution < -0.4 is 0 Å². The van der Waals surface area contributed by atoms with Crippen LogP contribution in [0.3, 0.4) is 0 Å². The molecule has 0 rings (SSSR count). The van der Waals surface area contributed by atoms with Gasteiger partial charge in [0.05, 0.1) is 0 Å². The Bertz CT molecular complexity index is 1090. The van der Waals surface area contributed by atoms with Crippen molar-refractivity contribution >= 4 is 17.9 Å². The van der Waals surface area contributed by atoms with Gasteiger partial charge in [-0.25, -0.2) is 0 Å². The summed E-state index contributed by atoms with van der Waals surface area (Å²) >= 11 is 0. The third kappa shape index (κ3) is 46.0. The molecule has 0 aliphatic heterocycles. The van der Waals surface area contributed by atoms with Gasteiger partial charge in [-0.1, -0.05) is 191 Å². The number of carbonyl (C=O) groups excluding carboxylic acids is 3. The highest BCUT2D eigenvalue weighted by Crippen LogP contribution is 2.14. The number of hydrogen-bond donors (Lipinski definition) is 0. The molecule has 0 heterocycles. The maximum atomic E-state index is 12.7. The molecule has 1 atom stereocenters. The largest absolute Gasteiger partial charge is 0.462 e. The van der Waals surface area contributed by atoms with Gasteiger partial charge in [-0.05, 0) is 89.9 Å². The van der Waals surface area contributed by atoms with Crippen LogP contribution in [0.15, 0.2) is 60.8 Å². The molecule has 0 fully saturated rings. The highest BCUT2D eigenvalue weighted by atomic mass is 16.6. The zero-order valence-electron chi connectivity index (χ0n) is 38.8. The zero-order valence-corrected chi connectivity index (χ0v) is 38.8.